The Balaban J connectivity index is 2.00. The molecule has 6 heteroatoms. The van der Waals surface area contributed by atoms with Gasteiger partial charge in [-0.15, -0.1) is 0 Å². The Labute approximate surface area is 205 Å². The van der Waals surface area contributed by atoms with E-state index in [2.05, 4.69) is 25.8 Å². The Morgan fingerprint density at radius 2 is 1.80 bits per heavy atom. The average Bonchev–Trinajstić information content (AvgIpc) is 3.08. The molecule has 4 rings (SSSR count). The van der Waals surface area contributed by atoms with Gasteiger partial charge in [-0.05, 0) is 60.2 Å². The van der Waals surface area contributed by atoms with E-state index >= 15 is 0 Å². The van der Waals surface area contributed by atoms with E-state index < -0.39 is 17.7 Å². The Hall–Kier alpha value is -3.93. The van der Waals surface area contributed by atoms with Crippen molar-refractivity contribution in [2.45, 2.75) is 46.1 Å². The summed E-state index contributed by atoms with van der Waals surface area (Å²) >= 11 is 0. The summed E-state index contributed by atoms with van der Waals surface area (Å²) in [5, 5.41) is 11.6. The van der Waals surface area contributed by atoms with Gasteiger partial charge in [-0.2, -0.15) is 0 Å². The number of carbonyl (C=O) groups is 2. The van der Waals surface area contributed by atoms with Gasteiger partial charge in [-0.25, -0.2) is 0 Å². The summed E-state index contributed by atoms with van der Waals surface area (Å²) < 4.78 is 5.52. The van der Waals surface area contributed by atoms with Gasteiger partial charge in [-0.3, -0.25) is 19.5 Å². The fraction of sp³-hybridized carbons (Fsp3) is 0.276. The third kappa shape index (κ3) is 4.32. The molecule has 1 aliphatic rings. The van der Waals surface area contributed by atoms with Crippen molar-refractivity contribution >= 4 is 23.1 Å². The first kappa shape index (κ1) is 24.2. The molecule has 1 aliphatic heterocycles. The molecule has 1 saturated heterocycles. The summed E-state index contributed by atoms with van der Waals surface area (Å²) in [7, 11) is 1.51. The molecule has 2 heterocycles. The van der Waals surface area contributed by atoms with Crippen molar-refractivity contribution in [2.75, 3.05) is 12.0 Å². The minimum atomic E-state index is -0.840. The normalized spacial score (nSPS) is 17.7. The third-order valence-corrected chi connectivity index (χ3v) is 6.38. The van der Waals surface area contributed by atoms with Crippen LogP contribution >= 0.6 is 0 Å². The Morgan fingerprint density at radius 3 is 2.40 bits per heavy atom. The molecule has 1 atom stereocenters. The van der Waals surface area contributed by atoms with Crippen LogP contribution in [0.1, 0.15) is 54.6 Å². The van der Waals surface area contributed by atoms with Gasteiger partial charge in [0.1, 0.15) is 11.5 Å². The highest BCUT2D eigenvalue weighted by Gasteiger charge is 2.47. The monoisotopic (exact) mass is 470 g/mol. The number of hydrogen-bond acceptors (Lipinski definition) is 5. The van der Waals surface area contributed by atoms with Gasteiger partial charge in [0, 0.05) is 18.1 Å². The molecule has 1 amide bonds. The standard InChI is InChI=1S/C29H30N2O4/c1-17-9-11-22(18(2)14-17)31-25(19-8-7-13-30-16-19)24(27(33)28(31)34)26(32)21-15-20(29(3,4)5)10-12-23(21)35-6/h7-16,25,32H,1-6H3/b26-24+. The van der Waals surface area contributed by atoms with Crippen LogP contribution in [0.3, 0.4) is 0 Å². The maximum Gasteiger partial charge on any atom is 0.300 e. The number of hydrogen-bond donors (Lipinski definition) is 1. The number of aryl methyl sites for hydroxylation is 2. The van der Waals surface area contributed by atoms with E-state index in [0.29, 0.717) is 22.6 Å². The zero-order valence-corrected chi connectivity index (χ0v) is 20.9. The predicted molar refractivity (Wildman–Crippen MR) is 137 cm³/mol. The topological polar surface area (TPSA) is 79.7 Å². The van der Waals surface area contributed by atoms with Crippen LogP contribution in [0.2, 0.25) is 0 Å². The van der Waals surface area contributed by atoms with Gasteiger partial charge in [0.15, 0.2) is 0 Å². The molecule has 0 spiro atoms. The van der Waals surface area contributed by atoms with Gasteiger partial charge in [0.05, 0.1) is 24.3 Å². The van der Waals surface area contributed by atoms with Crippen molar-refractivity contribution in [3.8, 4) is 5.75 Å². The Morgan fingerprint density at radius 1 is 1.06 bits per heavy atom. The number of ether oxygens (including phenoxy) is 1. The van der Waals surface area contributed by atoms with Crippen molar-refractivity contribution in [1.82, 2.24) is 4.98 Å². The molecule has 1 aromatic heterocycles. The molecule has 1 unspecified atom stereocenters. The summed E-state index contributed by atoms with van der Waals surface area (Å²) in [6.07, 6.45) is 3.24. The number of carbonyl (C=O) groups excluding carboxylic acids is 2. The lowest BCUT2D eigenvalue weighted by atomic mass is 9.85. The number of aliphatic hydroxyl groups excluding tert-OH is 1. The Bertz CT molecular complexity index is 1340. The predicted octanol–water partition coefficient (Wildman–Crippen LogP) is 5.63. The molecule has 2 aromatic carbocycles. The van der Waals surface area contributed by atoms with Crippen molar-refractivity contribution in [3.63, 3.8) is 0 Å². The van der Waals surface area contributed by atoms with E-state index in [9.17, 15) is 14.7 Å². The van der Waals surface area contributed by atoms with Gasteiger partial charge in [-0.1, -0.05) is 50.6 Å². The second-order valence-corrected chi connectivity index (χ2v) is 9.91. The van der Waals surface area contributed by atoms with Gasteiger partial charge in [0.25, 0.3) is 11.7 Å². The van der Waals surface area contributed by atoms with Gasteiger partial charge < -0.3 is 9.84 Å². The second kappa shape index (κ2) is 9.02. The zero-order chi connectivity index (χ0) is 25.5. The van der Waals surface area contributed by atoms with E-state index in [0.717, 1.165) is 16.7 Å². The first-order valence-electron chi connectivity index (χ1n) is 11.5. The highest BCUT2D eigenvalue weighted by atomic mass is 16.5. The first-order chi connectivity index (χ1) is 16.5. The maximum absolute atomic E-state index is 13.5. The number of ketones is 1. The Kier molecular flexibility index (Phi) is 6.24. The van der Waals surface area contributed by atoms with Crippen LogP contribution in [-0.4, -0.2) is 28.9 Å². The molecule has 35 heavy (non-hydrogen) atoms. The molecule has 180 valence electrons. The number of pyridine rings is 1. The first-order valence-corrected chi connectivity index (χ1v) is 11.5. The smallest absolute Gasteiger partial charge is 0.300 e. The summed E-state index contributed by atoms with van der Waals surface area (Å²) in [6.45, 7) is 10.1. The van der Waals surface area contributed by atoms with E-state index in [-0.39, 0.29) is 16.7 Å². The number of methoxy groups -OCH3 is 1. The van der Waals surface area contributed by atoms with Crippen LogP contribution in [0.15, 0.2) is 66.5 Å². The van der Waals surface area contributed by atoms with Gasteiger partial charge >= 0.3 is 0 Å². The van der Waals surface area contributed by atoms with Crippen molar-refractivity contribution in [3.05, 3.63) is 94.3 Å². The van der Waals surface area contributed by atoms with Crippen molar-refractivity contribution in [2.24, 2.45) is 0 Å². The van der Waals surface area contributed by atoms with E-state index in [1.807, 2.05) is 44.2 Å². The van der Waals surface area contributed by atoms with Crippen LogP contribution < -0.4 is 9.64 Å². The molecule has 0 bridgehead atoms. The lowest BCUT2D eigenvalue weighted by Crippen LogP contribution is -2.30. The summed E-state index contributed by atoms with van der Waals surface area (Å²) in [5.41, 5.74) is 4.27. The molecule has 1 fully saturated rings. The van der Waals surface area contributed by atoms with Crippen LogP contribution in [0, 0.1) is 13.8 Å². The zero-order valence-electron chi connectivity index (χ0n) is 20.9. The fourth-order valence-electron chi connectivity index (χ4n) is 4.51. The minimum absolute atomic E-state index is 0.00679. The number of aromatic nitrogens is 1. The maximum atomic E-state index is 13.5. The third-order valence-electron chi connectivity index (χ3n) is 6.38. The highest BCUT2D eigenvalue weighted by molar-refractivity contribution is 6.51. The number of amides is 1. The number of Topliss-reactive ketones (excluding diaryl/α,β-unsaturated/α-hetero) is 1. The van der Waals surface area contributed by atoms with Crippen LogP contribution in [0.25, 0.3) is 5.76 Å². The minimum Gasteiger partial charge on any atom is -0.507 e. The molecule has 0 aliphatic carbocycles. The van der Waals surface area contributed by atoms with Crippen LogP contribution in [0.5, 0.6) is 5.75 Å². The number of rotatable bonds is 4. The molecule has 0 saturated carbocycles. The molecular weight excluding hydrogens is 440 g/mol. The summed E-state index contributed by atoms with van der Waals surface area (Å²) in [4.78, 5) is 32.6. The van der Waals surface area contributed by atoms with E-state index in [1.165, 1.54) is 12.0 Å². The van der Waals surface area contributed by atoms with Crippen molar-refractivity contribution in [1.29, 1.82) is 0 Å². The second-order valence-electron chi connectivity index (χ2n) is 9.91. The van der Waals surface area contributed by atoms with E-state index in [1.54, 1.807) is 30.6 Å². The van der Waals surface area contributed by atoms with Crippen LogP contribution in [-0.2, 0) is 15.0 Å². The van der Waals surface area contributed by atoms with Gasteiger partial charge in [0.2, 0.25) is 0 Å². The fourth-order valence-corrected chi connectivity index (χ4v) is 4.51. The largest absolute Gasteiger partial charge is 0.507 e. The summed E-state index contributed by atoms with van der Waals surface area (Å²) in [5.74, 6) is -1.30. The summed E-state index contributed by atoms with van der Waals surface area (Å²) in [6, 6.07) is 13.9. The molecule has 1 N–H and O–H groups in total. The molecule has 6 nitrogen and oxygen atoms in total. The number of benzene rings is 2. The molecule has 3 aromatic rings. The van der Waals surface area contributed by atoms with Crippen LogP contribution in [0.4, 0.5) is 5.69 Å². The molecule has 0 radical (unpaired) electrons. The SMILES string of the molecule is COc1ccc(C(C)(C)C)cc1/C(O)=C1\C(=O)C(=O)N(c2ccc(C)cc2C)C1c1cccnc1. The number of aliphatic hydroxyl groups is 1. The lowest BCUT2D eigenvalue weighted by Gasteiger charge is -2.27. The van der Waals surface area contributed by atoms with E-state index in [4.69, 9.17) is 4.74 Å². The quantitative estimate of drug-likeness (QED) is 0.304. The van der Waals surface area contributed by atoms with Crippen molar-refractivity contribution < 1.29 is 19.4 Å². The number of nitrogens with zero attached hydrogens (tertiary/aromatic N) is 2. The average molecular weight is 471 g/mol. The lowest BCUT2D eigenvalue weighted by molar-refractivity contribution is -0.132. The highest BCUT2D eigenvalue weighted by Crippen LogP contribution is 2.44. The number of anilines is 1. The molecular formula is C29H30N2O4.